The fourth-order valence-electron chi connectivity index (χ4n) is 4.74. The molecule has 3 atom stereocenters. The zero-order chi connectivity index (χ0) is 22.4. The second kappa shape index (κ2) is 10.3. The summed E-state index contributed by atoms with van der Waals surface area (Å²) < 4.78 is 0. The molecule has 3 rings (SSSR count). The summed E-state index contributed by atoms with van der Waals surface area (Å²) in [5.74, 6) is -1.06. The molecule has 7 heteroatoms. The van der Waals surface area contributed by atoms with Gasteiger partial charge in [-0.1, -0.05) is 55.3 Å². The lowest BCUT2D eigenvalue weighted by Crippen LogP contribution is -2.53. The van der Waals surface area contributed by atoms with E-state index in [-0.39, 0.29) is 18.3 Å². The fourth-order valence-corrected chi connectivity index (χ4v) is 4.74. The zero-order valence-corrected chi connectivity index (χ0v) is 18.2. The van der Waals surface area contributed by atoms with Crippen LogP contribution in [-0.4, -0.2) is 46.9 Å². The molecule has 6 nitrogen and oxygen atoms in total. The average molecular weight is 424 g/mol. The van der Waals surface area contributed by atoms with Crippen LogP contribution in [0.25, 0.3) is 11.1 Å². The van der Waals surface area contributed by atoms with E-state index in [0.29, 0.717) is 19.3 Å². The van der Waals surface area contributed by atoms with Crippen LogP contribution in [0, 0.1) is 5.92 Å². The monoisotopic (exact) mass is 424 g/mol. The summed E-state index contributed by atoms with van der Waals surface area (Å²) in [5, 5.41) is 27.8. The van der Waals surface area contributed by atoms with E-state index in [9.17, 15) is 9.90 Å². The van der Waals surface area contributed by atoms with Gasteiger partial charge >= 0.3 is 13.1 Å². The summed E-state index contributed by atoms with van der Waals surface area (Å²) in [6, 6.07) is 19.0. The van der Waals surface area contributed by atoms with Crippen LogP contribution < -0.4 is 10.6 Å². The van der Waals surface area contributed by atoms with E-state index >= 15 is 0 Å². The van der Waals surface area contributed by atoms with Gasteiger partial charge in [-0.15, -0.1) is 0 Å². The quantitative estimate of drug-likeness (QED) is 0.344. The predicted octanol–water partition coefficient (Wildman–Crippen LogP) is 3.38. The molecule has 2 aromatic rings. The number of nitrogens with two attached hydrogens (primary N) is 1. The van der Waals surface area contributed by atoms with Gasteiger partial charge < -0.3 is 25.8 Å². The van der Waals surface area contributed by atoms with Gasteiger partial charge in [-0.3, -0.25) is 4.79 Å². The number of benzene rings is 2. The Hall–Kier alpha value is -2.35. The van der Waals surface area contributed by atoms with Crippen LogP contribution in [-0.2, 0) is 4.79 Å². The SMILES string of the molecule is CN(c1ccc(-c2ccccc2)cc1)[C@H]1CC[C@@H]([C@](N)(CCCCB(O)O)C(=O)O)C1. The molecular weight excluding hydrogens is 391 g/mol. The molecular formula is C24H33BN2O4. The maximum Gasteiger partial charge on any atom is 0.451 e. The number of anilines is 1. The Labute approximate surface area is 184 Å². The molecule has 0 unspecified atom stereocenters. The molecule has 0 aromatic heterocycles. The summed E-state index contributed by atoms with van der Waals surface area (Å²) in [5.41, 5.74) is 8.60. The van der Waals surface area contributed by atoms with Crippen molar-refractivity contribution < 1.29 is 19.9 Å². The van der Waals surface area contributed by atoms with Crippen molar-refractivity contribution in [2.75, 3.05) is 11.9 Å². The number of carboxylic acids is 1. The maximum atomic E-state index is 12.0. The highest BCUT2D eigenvalue weighted by Crippen LogP contribution is 2.39. The normalized spacial score (nSPS) is 20.3. The molecule has 1 saturated carbocycles. The zero-order valence-electron chi connectivity index (χ0n) is 18.2. The Bertz CT molecular complexity index is 846. The number of nitrogens with zero attached hydrogens (tertiary/aromatic N) is 1. The molecule has 0 aliphatic heterocycles. The lowest BCUT2D eigenvalue weighted by atomic mass is 9.77. The molecule has 5 N–H and O–H groups in total. The number of carbonyl (C=O) groups is 1. The van der Waals surface area contributed by atoms with E-state index in [2.05, 4.69) is 48.3 Å². The lowest BCUT2D eigenvalue weighted by Gasteiger charge is -2.33. The number of unbranched alkanes of at least 4 members (excludes halogenated alkanes) is 1. The Morgan fingerprint density at radius 1 is 1.06 bits per heavy atom. The van der Waals surface area contributed by atoms with Crippen molar-refractivity contribution in [1.82, 2.24) is 0 Å². The molecule has 31 heavy (non-hydrogen) atoms. The Kier molecular flexibility index (Phi) is 7.76. The van der Waals surface area contributed by atoms with Crippen molar-refractivity contribution in [2.24, 2.45) is 11.7 Å². The second-order valence-corrected chi connectivity index (χ2v) is 8.76. The molecule has 0 heterocycles. The van der Waals surface area contributed by atoms with Crippen LogP contribution >= 0.6 is 0 Å². The molecule has 0 saturated heterocycles. The standard InChI is InChI=1S/C24H33BN2O4/c1-27(21-12-9-19(10-13-21)18-7-3-2-4-8-18)22-14-11-20(17-22)24(26,23(28)29)15-5-6-16-25(30)31/h2-4,7-10,12-13,20,22,30-31H,5-6,11,14-17,26H2,1H3,(H,28,29)/t20-,22+,24-/m1/s1. The van der Waals surface area contributed by atoms with Crippen molar-refractivity contribution in [1.29, 1.82) is 0 Å². The van der Waals surface area contributed by atoms with Crippen molar-refractivity contribution in [3.63, 3.8) is 0 Å². The first-order chi connectivity index (χ1) is 14.8. The number of carboxylic acid groups (broad SMARTS) is 1. The van der Waals surface area contributed by atoms with Crippen molar-refractivity contribution in [2.45, 2.75) is 56.4 Å². The Balaban J connectivity index is 1.62. The van der Waals surface area contributed by atoms with E-state index in [1.54, 1.807) is 0 Å². The van der Waals surface area contributed by atoms with Gasteiger partial charge in [0.2, 0.25) is 0 Å². The first-order valence-electron chi connectivity index (χ1n) is 11.1. The minimum atomic E-state index is -1.35. The predicted molar refractivity (Wildman–Crippen MR) is 125 cm³/mol. The van der Waals surface area contributed by atoms with E-state index in [1.165, 1.54) is 11.1 Å². The molecule has 1 aliphatic rings. The smallest absolute Gasteiger partial charge is 0.451 e. The van der Waals surface area contributed by atoms with E-state index in [0.717, 1.165) is 24.9 Å². The first-order valence-corrected chi connectivity index (χ1v) is 11.1. The molecule has 0 spiro atoms. The molecule has 0 radical (unpaired) electrons. The second-order valence-electron chi connectivity index (χ2n) is 8.76. The molecule has 0 bridgehead atoms. The van der Waals surface area contributed by atoms with Crippen molar-refractivity contribution in [3.8, 4) is 11.1 Å². The van der Waals surface area contributed by atoms with Gasteiger partial charge in [0, 0.05) is 18.8 Å². The summed E-state index contributed by atoms with van der Waals surface area (Å²) in [6.07, 6.45) is 4.13. The van der Waals surface area contributed by atoms with E-state index < -0.39 is 18.6 Å². The molecule has 1 aliphatic carbocycles. The number of rotatable bonds is 10. The van der Waals surface area contributed by atoms with E-state index in [1.807, 2.05) is 18.2 Å². The summed E-state index contributed by atoms with van der Waals surface area (Å²) in [7, 11) is 0.710. The van der Waals surface area contributed by atoms with Crippen LogP contribution in [0.5, 0.6) is 0 Å². The minimum absolute atomic E-state index is 0.0971. The van der Waals surface area contributed by atoms with E-state index in [4.69, 9.17) is 15.8 Å². The summed E-state index contributed by atoms with van der Waals surface area (Å²) in [6.45, 7) is 0. The highest BCUT2D eigenvalue weighted by atomic mass is 16.4. The summed E-state index contributed by atoms with van der Waals surface area (Å²) in [4.78, 5) is 14.3. The maximum absolute atomic E-state index is 12.0. The van der Waals surface area contributed by atoms with Gasteiger partial charge in [0.15, 0.2) is 0 Å². The third kappa shape index (κ3) is 5.67. The highest BCUT2D eigenvalue weighted by Gasteiger charge is 2.45. The Morgan fingerprint density at radius 3 is 2.32 bits per heavy atom. The van der Waals surface area contributed by atoms with Crippen LogP contribution in [0.1, 0.15) is 38.5 Å². The van der Waals surface area contributed by atoms with Gasteiger partial charge in [-0.05, 0) is 61.2 Å². The molecule has 166 valence electrons. The number of hydrogen-bond donors (Lipinski definition) is 4. The highest BCUT2D eigenvalue weighted by molar-refractivity contribution is 6.40. The number of aliphatic carboxylic acids is 1. The molecule has 2 aromatic carbocycles. The average Bonchev–Trinajstić information content (AvgIpc) is 3.27. The van der Waals surface area contributed by atoms with Crippen LogP contribution in [0.2, 0.25) is 6.32 Å². The largest absolute Gasteiger partial charge is 0.480 e. The third-order valence-corrected chi connectivity index (χ3v) is 6.76. The molecule has 1 fully saturated rings. The lowest BCUT2D eigenvalue weighted by molar-refractivity contribution is -0.146. The summed E-state index contributed by atoms with van der Waals surface area (Å²) >= 11 is 0. The van der Waals surface area contributed by atoms with Gasteiger partial charge in [-0.2, -0.15) is 0 Å². The minimum Gasteiger partial charge on any atom is -0.480 e. The topological polar surface area (TPSA) is 107 Å². The van der Waals surface area contributed by atoms with Gasteiger partial charge in [0.05, 0.1) is 0 Å². The van der Waals surface area contributed by atoms with Crippen molar-refractivity contribution in [3.05, 3.63) is 54.6 Å². The van der Waals surface area contributed by atoms with Gasteiger partial charge in [0.25, 0.3) is 0 Å². The van der Waals surface area contributed by atoms with Crippen molar-refractivity contribution >= 4 is 18.8 Å². The van der Waals surface area contributed by atoms with Crippen LogP contribution in [0.3, 0.4) is 0 Å². The molecule has 0 amide bonds. The Morgan fingerprint density at radius 2 is 1.71 bits per heavy atom. The first kappa shape index (κ1) is 23.3. The third-order valence-electron chi connectivity index (χ3n) is 6.76. The van der Waals surface area contributed by atoms with Crippen LogP contribution in [0.4, 0.5) is 5.69 Å². The van der Waals surface area contributed by atoms with Crippen LogP contribution in [0.15, 0.2) is 54.6 Å². The number of hydrogen-bond acceptors (Lipinski definition) is 5. The fraction of sp³-hybridized carbons (Fsp3) is 0.458. The van der Waals surface area contributed by atoms with Gasteiger partial charge in [-0.25, -0.2) is 0 Å². The van der Waals surface area contributed by atoms with Gasteiger partial charge in [0.1, 0.15) is 5.54 Å².